The first-order valence-corrected chi connectivity index (χ1v) is 8.62. The molecule has 0 aromatic heterocycles. The zero-order valence-corrected chi connectivity index (χ0v) is 14.0. The van der Waals surface area contributed by atoms with Crippen LogP contribution in [0.4, 0.5) is 0 Å². The third kappa shape index (κ3) is 18.4. The van der Waals surface area contributed by atoms with E-state index in [-0.39, 0.29) is 6.42 Å². The van der Waals surface area contributed by atoms with E-state index in [9.17, 15) is 4.79 Å². The molecular formula is C20H32O2. The van der Waals surface area contributed by atoms with Crippen LogP contribution < -0.4 is 0 Å². The molecule has 0 saturated carbocycles. The highest BCUT2D eigenvalue weighted by Gasteiger charge is 1.93. The Kier molecular flexibility index (Phi) is 16.2. The van der Waals surface area contributed by atoms with Crippen LogP contribution in [0.5, 0.6) is 0 Å². The van der Waals surface area contributed by atoms with Crippen LogP contribution in [-0.2, 0) is 4.79 Å². The maximum atomic E-state index is 10.3. The van der Waals surface area contributed by atoms with Crippen molar-refractivity contribution in [1.82, 2.24) is 0 Å². The van der Waals surface area contributed by atoms with Gasteiger partial charge >= 0.3 is 5.97 Å². The Hall–Kier alpha value is -1.57. The molecule has 22 heavy (non-hydrogen) atoms. The normalized spacial score (nSPS) is 12.4. The minimum Gasteiger partial charge on any atom is -0.481 e. The van der Waals surface area contributed by atoms with Crippen LogP contribution >= 0.6 is 0 Å². The first-order chi connectivity index (χ1) is 10.8. The summed E-state index contributed by atoms with van der Waals surface area (Å²) >= 11 is 0. The van der Waals surface area contributed by atoms with Crippen molar-refractivity contribution in [2.75, 3.05) is 0 Å². The highest BCUT2D eigenvalue weighted by Crippen LogP contribution is 2.03. The van der Waals surface area contributed by atoms with Crippen LogP contribution in [0.2, 0.25) is 0 Å². The monoisotopic (exact) mass is 304 g/mol. The summed E-state index contributed by atoms with van der Waals surface area (Å²) in [5, 5.41) is 8.50. The Morgan fingerprint density at radius 3 is 1.86 bits per heavy atom. The summed E-state index contributed by atoms with van der Waals surface area (Å²) in [6.07, 6.45) is 27.3. The highest BCUT2D eigenvalue weighted by molar-refractivity contribution is 5.66. The lowest BCUT2D eigenvalue weighted by Gasteiger charge is -1.92. The van der Waals surface area contributed by atoms with E-state index in [1.807, 2.05) is 6.08 Å². The molecule has 0 heterocycles. The van der Waals surface area contributed by atoms with Crippen molar-refractivity contribution in [3.8, 4) is 0 Å². The van der Waals surface area contributed by atoms with Gasteiger partial charge in [0.25, 0.3) is 0 Å². The molecule has 0 radical (unpaired) electrons. The maximum absolute atomic E-state index is 10.3. The standard InChI is InChI=1S/C20H32O2/c1-2-3-4-5-6-7-8-9-10-11-12-13-14-15-16-17-18-19-20(21)22/h7-10,12-15H,2-6,11,16-19H2,1H3,(H,21,22)/b8-7+,10-9+,13-12+,15-14+. The van der Waals surface area contributed by atoms with E-state index < -0.39 is 5.97 Å². The first kappa shape index (κ1) is 20.4. The number of hydrogen-bond donors (Lipinski definition) is 1. The molecule has 2 nitrogen and oxygen atoms in total. The fourth-order valence-corrected chi connectivity index (χ4v) is 1.97. The van der Waals surface area contributed by atoms with Crippen molar-refractivity contribution >= 4 is 5.97 Å². The van der Waals surface area contributed by atoms with Crippen molar-refractivity contribution in [1.29, 1.82) is 0 Å². The summed E-state index contributed by atoms with van der Waals surface area (Å²) in [4.78, 5) is 10.3. The molecule has 124 valence electrons. The second-order valence-electron chi connectivity index (χ2n) is 5.44. The number of allylic oxidation sites excluding steroid dienone is 8. The van der Waals surface area contributed by atoms with Crippen molar-refractivity contribution in [3.05, 3.63) is 48.6 Å². The van der Waals surface area contributed by atoms with Crippen LogP contribution in [-0.4, -0.2) is 11.1 Å². The van der Waals surface area contributed by atoms with Gasteiger partial charge in [-0.05, 0) is 38.5 Å². The fourth-order valence-electron chi connectivity index (χ4n) is 1.97. The Bertz CT molecular complexity index is 362. The summed E-state index contributed by atoms with van der Waals surface area (Å²) in [5.74, 6) is -0.703. The van der Waals surface area contributed by atoms with E-state index in [1.165, 1.54) is 32.1 Å². The van der Waals surface area contributed by atoms with Gasteiger partial charge in [-0.3, -0.25) is 4.79 Å². The molecule has 0 rings (SSSR count). The summed E-state index contributed by atoms with van der Waals surface area (Å²) in [5.41, 5.74) is 0. The third-order valence-electron chi connectivity index (χ3n) is 3.27. The topological polar surface area (TPSA) is 37.3 Å². The second-order valence-corrected chi connectivity index (χ2v) is 5.44. The van der Waals surface area contributed by atoms with E-state index in [2.05, 4.69) is 49.5 Å². The first-order valence-electron chi connectivity index (χ1n) is 8.62. The lowest BCUT2D eigenvalue weighted by molar-refractivity contribution is -0.137. The molecule has 0 aromatic rings. The van der Waals surface area contributed by atoms with Gasteiger partial charge in [0, 0.05) is 6.42 Å². The van der Waals surface area contributed by atoms with Gasteiger partial charge in [0.15, 0.2) is 0 Å². The summed E-state index contributed by atoms with van der Waals surface area (Å²) < 4.78 is 0. The number of unbranched alkanes of at least 4 members (excludes halogenated alkanes) is 6. The van der Waals surface area contributed by atoms with Crippen LogP contribution in [0.15, 0.2) is 48.6 Å². The number of hydrogen-bond acceptors (Lipinski definition) is 1. The minimum absolute atomic E-state index is 0.278. The lowest BCUT2D eigenvalue weighted by atomic mass is 10.1. The molecule has 1 N–H and O–H groups in total. The fraction of sp³-hybridized carbons (Fsp3) is 0.550. The summed E-state index contributed by atoms with van der Waals surface area (Å²) in [6, 6.07) is 0. The number of carboxylic acid groups (broad SMARTS) is 1. The molecule has 0 aromatic carbocycles. The second kappa shape index (κ2) is 17.5. The van der Waals surface area contributed by atoms with E-state index in [1.54, 1.807) is 0 Å². The van der Waals surface area contributed by atoms with Crippen LogP contribution in [0.1, 0.15) is 71.1 Å². The molecule has 0 atom stereocenters. The maximum Gasteiger partial charge on any atom is 0.303 e. The van der Waals surface area contributed by atoms with Crippen LogP contribution in [0.3, 0.4) is 0 Å². The molecule has 0 aliphatic heterocycles. The minimum atomic E-state index is -0.703. The molecule has 0 bridgehead atoms. The zero-order valence-electron chi connectivity index (χ0n) is 14.0. The number of rotatable bonds is 14. The smallest absolute Gasteiger partial charge is 0.303 e. The van der Waals surface area contributed by atoms with Crippen molar-refractivity contribution in [3.63, 3.8) is 0 Å². The highest BCUT2D eigenvalue weighted by atomic mass is 16.4. The molecule has 0 unspecified atom stereocenters. The van der Waals surface area contributed by atoms with Gasteiger partial charge in [0.1, 0.15) is 0 Å². The SMILES string of the molecule is CCCCCC/C=C/C=C/C/C=C/C=C/CCCCC(=O)O. The Labute approximate surface area is 136 Å². The van der Waals surface area contributed by atoms with Gasteiger partial charge in [-0.1, -0.05) is 74.8 Å². The quantitative estimate of drug-likeness (QED) is 0.305. The molecule has 0 spiro atoms. The van der Waals surface area contributed by atoms with Gasteiger partial charge in [0.05, 0.1) is 0 Å². The van der Waals surface area contributed by atoms with Crippen molar-refractivity contribution in [2.45, 2.75) is 71.1 Å². The molecule has 0 aliphatic rings. The van der Waals surface area contributed by atoms with Crippen molar-refractivity contribution < 1.29 is 9.90 Å². The molecule has 0 fully saturated rings. The van der Waals surface area contributed by atoms with Crippen molar-refractivity contribution in [2.24, 2.45) is 0 Å². The summed E-state index contributed by atoms with van der Waals surface area (Å²) in [7, 11) is 0. The number of aliphatic carboxylic acids is 1. The van der Waals surface area contributed by atoms with Crippen LogP contribution in [0, 0.1) is 0 Å². The largest absolute Gasteiger partial charge is 0.481 e. The van der Waals surface area contributed by atoms with Crippen LogP contribution in [0.25, 0.3) is 0 Å². The average Bonchev–Trinajstić information content (AvgIpc) is 2.50. The van der Waals surface area contributed by atoms with Gasteiger partial charge in [-0.15, -0.1) is 0 Å². The zero-order chi connectivity index (χ0) is 16.3. The van der Waals surface area contributed by atoms with Gasteiger partial charge in [-0.25, -0.2) is 0 Å². The Morgan fingerprint density at radius 1 is 0.773 bits per heavy atom. The lowest BCUT2D eigenvalue weighted by Crippen LogP contribution is -1.92. The van der Waals surface area contributed by atoms with E-state index in [0.717, 1.165) is 25.7 Å². The molecule has 0 aliphatic carbocycles. The van der Waals surface area contributed by atoms with E-state index in [4.69, 9.17) is 5.11 Å². The van der Waals surface area contributed by atoms with E-state index >= 15 is 0 Å². The summed E-state index contributed by atoms with van der Waals surface area (Å²) in [6.45, 7) is 2.24. The predicted molar refractivity (Wildman–Crippen MR) is 96.0 cm³/mol. The van der Waals surface area contributed by atoms with Gasteiger partial charge in [-0.2, -0.15) is 0 Å². The van der Waals surface area contributed by atoms with Gasteiger partial charge < -0.3 is 5.11 Å². The third-order valence-corrected chi connectivity index (χ3v) is 3.27. The molecular weight excluding hydrogens is 272 g/mol. The molecule has 0 amide bonds. The number of carbonyl (C=O) groups is 1. The van der Waals surface area contributed by atoms with Gasteiger partial charge in [0.2, 0.25) is 0 Å². The average molecular weight is 304 g/mol. The molecule has 2 heteroatoms. The molecule has 0 saturated heterocycles. The predicted octanol–water partition coefficient (Wildman–Crippen LogP) is 6.22. The van der Waals surface area contributed by atoms with E-state index in [0.29, 0.717) is 0 Å². The number of carboxylic acids is 1. The Morgan fingerprint density at radius 2 is 1.32 bits per heavy atom. The Balaban J connectivity index is 3.43.